The van der Waals surface area contributed by atoms with Gasteiger partial charge in [-0.2, -0.15) is 0 Å². The first-order chi connectivity index (χ1) is 15.3. The van der Waals surface area contributed by atoms with Crippen molar-refractivity contribution in [3.63, 3.8) is 0 Å². The van der Waals surface area contributed by atoms with Gasteiger partial charge in [-0.05, 0) is 37.1 Å². The highest BCUT2D eigenvalue weighted by molar-refractivity contribution is 7.89. The zero-order valence-corrected chi connectivity index (χ0v) is 19.8. The number of hydrogen-bond donors (Lipinski definition) is 1. The maximum Gasteiger partial charge on any atom is 0.255 e. The lowest BCUT2D eigenvalue weighted by atomic mass is 10.1. The Balaban J connectivity index is 1.36. The number of piperazine rings is 1. The van der Waals surface area contributed by atoms with Crippen LogP contribution in [0.5, 0.6) is 5.75 Å². The summed E-state index contributed by atoms with van der Waals surface area (Å²) >= 11 is 12.4. The molecule has 2 aromatic rings. The average molecular weight is 498 g/mol. The minimum absolute atomic E-state index is 0.00272. The minimum Gasteiger partial charge on any atom is -0.492 e. The van der Waals surface area contributed by atoms with Crippen molar-refractivity contribution in [3.05, 3.63) is 58.1 Å². The van der Waals surface area contributed by atoms with E-state index in [1.807, 2.05) is 30.3 Å². The summed E-state index contributed by atoms with van der Waals surface area (Å²) in [6.45, 7) is 3.76. The molecule has 172 valence electrons. The van der Waals surface area contributed by atoms with Crippen LogP contribution in [-0.2, 0) is 10.0 Å². The third-order valence-electron chi connectivity index (χ3n) is 5.52. The molecule has 2 fully saturated rings. The molecule has 1 aliphatic carbocycles. The van der Waals surface area contributed by atoms with Crippen LogP contribution in [0.4, 0.5) is 0 Å². The third kappa shape index (κ3) is 5.74. The second-order valence-electron chi connectivity index (χ2n) is 7.95. The maximum atomic E-state index is 13.1. The van der Waals surface area contributed by atoms with E-state index in [0.29, 0.717) is 32.8 Å². The summed E-state index contributed by atoms with van der Waals surface area (Å²) < 4.78 is 33.6. The van der Waals surface area contributed by atoms with Gasteiger partial charge in [0.1, 0.15) is 17.3 Å². The molecule has 0 spiro atoms. The number of carbonyl (C=O) groups excluding carboxylic acids is 1. The molecule has 0 bridgehead atoms. The summed E-state index contributed by atoms with van der Waals surface area (Å²) in [5.41, 5.74) is 0.146. The number of hydrogen-bond acceptors (Lipinski definition) is 5. The van der Waals surface area contributed by atoms with E-state index in [1.54, 1.807) is 4.90 Å². The van der Waals surface area contributed by atoms with Crippen LogP contribution in [0, 0.1) is 0 Å². The monoisotopic (exact) mass is 497 g/mol. The molecule has 7 nitrogen and oxygen atoms in total. The largest absolute Gasteiger partial charge is 0.492 e. The normalized spacial score (nSPS) is 17.4. The first-order valence-electron chi connectivity index (χ1n) is 10.5. The van der Waals surface area contributed by atoms with Crippen LogP contribution in [0.25, 0.3) is 0 Å². The molecule has 1 heterocycles. The third-order valence-corrected chi connectivity index (χ3v) is 7.82. The standard InChI is InChI=1S/C22H25Cl2N3O4S/c23-19-15-20(24)21(32(29,30)25-16-6-7-16)14-18(19)22(28)27-10-8-26(9-11-27)12-13-31-17-4-2-1-3-5-17/h1-5,14-16,25H,6-13H2. The Hall–Kier alpha value is -1.84. The van der Waals surface area contributed by atoms with Gasteiger partial charge in [-0.1, -0.05) is 41.4 Å². The van der Waals surface area contributed by atoms with E-state index in [9.17, 15) is 13.2 Å². The molecule has 0 aromatic heterocycles. The van der Waals surface area contributed by atoms with Gasteiger partial charge in [-0.3, -0.25) is 9.69 Å². The number of para-hydroxylation sites is 1. The molecule has 0 unspecified atom stereocenters. The van der Waals surface area contributed by atoms with Gasteiger partial charge in [0.25, 0.3) is 5.91 Å². The lowest BCUT2D eigenvalue weighted by Crippen LogP contribution is -2.49. The molecule has 0 atom stereocenters. The summed E-state index contributed by atoms with van der Waals surface area (Å²) in [7, 11) is -3.81. The molecule has 1 amide bonds. The SMILES string of the molecule is O=C(c1cc(S(=O)(=O)NC2CC2)c(Cl)cc1Cl)N1CCN(CCOc2ccccc2)CC1. The molecule has 1 saturated heterocycles. The Bertz CT molecular complexity index is 1070. The van der Waals surface area contributed by atoms with Gasteiger partial charge >= 0.3 is 0 Å². The lowest BCUT2D eigenvalue weighted by molar-refractivity contribution is 0.0620. The number of nitrogens with zero attached hydrogens (tertiary/aromatic N) is 2. The van der Waals surface area contributed by atoms with Crippen molar-refractivity contribution in [2.24, 2.45) is 0 Å². The van der Waals surface area contributed by atoms with Gasteiger partial charge in [-0.15, -0.1) is 0 Å². The Kier molecular flexibility index (Phi) is 7.27. The number of sulfonamides is 1. The quantitative estimate of drug-likeness (QED) is 0.605. The first-order valence-corrected chi connectivity index (χ1v) is 12.8. The van der Waals surface area contributed by atoms with Gasteiger partial charge in [0, 0.05) is 38.8 Å². The van der Waals surface area contributed by atoms with Gasteiger partial charge in [-0.25, -0.2) is 13.1 Å². The van der Waals surface area contributed by atoms with Gasteiger partial charge in [0.15, 0.2) is 0 Å². The van der Waals surface area contributed by atoms with Crippen molar-refractivity contribution in [1.82, 2.24) is 14.5 Å². The van der Waals surface area contributed by atoms with Crippen LogP contribution in [0.1, 0.15) is 23.2 Å². The van der Waals surface area contributed by atoms with E-state index < -0.39 is 10.0 Å². The second kappa shape index (κ2) is 9.97. The number of ether oxygens (including phenoxy) is 1. The lowest BCUT2D eigenvalue weighted by Gasteiger charge is -2.34. The van der Waals surface area contributed by atoms with Crippen LogP contribution < -0.4 is 9.46 Å². The number of nitrogens with one attached hydrogen (secondary N) is 1. The first kappa shape index (κ1) is 23.3. The summed E-state index contributed by atoms with van der Waals surface area (Å²) in [4.78, 5) is 16.9. The molecule has 4 rings (SSSR count). The fourth-order valence-electron chi connectivity index (χ4n) is 3.54. The van der Waals surface area contributed by atoms with Gasteiger partial charge in [0.2, 0.25) is 10.0 Å². The fraction of sp³-hybridized carbons (Fsp3) is 0.409. The second-order valence-corrected chi connectivity index (χ2v) is 10.5. The highest BCUT2D eigenvalue weighted by atomic mass is 35.5. The summed E-state index contributed by atoms with van der Waals surface area (Å²) in [5.74, 6) is 0.537. The van der Waals surface area contributed by atoms with Gasteiger partial charge in [0.05, 0.1) is 15.6 Å². The van der Waals surface area contributed by atoms with Crippen LogP contribution in [-0.4, -0.2) is 69.5 Å². The maximum absolute atomic E-state index is 13.1. The highest BCUT2D eigenvalue weighted by Crippen LogP contribution is 2.31. The molecule has 2 aliphatic rings. The van der Waals surface area contributed by atoms with Crippen molar-refractivity contribution < 1.29 is 17.9 Å². The topological polar surface area (TPSA) is 79.0 Å². The van der Waals surface area contributed by atoms with Crippen LogP contribution in [0.15, 0.2) is 47.4 Å². The van der Waals surface area contributed by atoms with Crippen molar-refractivity contribution in [2.45, 2.75) is 23.8 Å². The summed E-state index contributed by atoms with van der Waals surface area (Å²) in [6, 6.07) is 12.2. The average Bonchev–Trinajstić information content (AvgIpc) is 3.58. The predicted octanol–water partition coefficient (Wildman–Crippen LogP) is 3.27. The van der Waals surface area contributed by atoms with Gasteiger partial charge < -0.3 is 9.64 Å². The molecular formula is C22H25Cl2N3O4S. The number of carbonyl (C=O) groups is 1. The minimum atomic E-state index is -3.81. The molecule has 1 N–H and O–H groups in total. The van der Waals surface area contributed by atoms with E-state index in [2.05, 4.69) is 9.62 Å². The summed E-state index contributed by atoms with van der Waals surface area (Å²) in [5, 5.41) is 0.145. The van der Waals surface area contributed by atoms with Crippen LogP contribution in [0.2, 0.25) is 10.0 Å². The summed E-state index contributed by atoms with van der Waals surface area (Å²) in [6.07, 6.45) is 1.60. The zero-order chi connectivity index (χ0) is 22.7. The van der Waals surface area contributed by atoms with Crippen molar-refractivity contribution >= 4 is 39.1 Å². The Morgan fingerprint density at radius 2 is 1.72 bits per heavy atom. The van der Waals surface area contributed by atoms with E-state index in [4.69, 9.17) is 27.9 Å². The molecule has 0 radical (unpaired) electrons. The zero-order valence-electron chi connectivity index (χ0n) is 17.5. The molecule has 1 aliphatic heterocycles. The molecule has 32 heavy (non-hydrogen) atoms. The Morgan fingerprint density at radius 3 is 2.38 bits per heavy atom. The van der Waals surface area contributed by atoms with E-state index >= 15 is 0 Å². The number of halogens is 2. The van der Waals surface area contributed by atoms with E-state index in [1.165, 1.54) is 12.1 Å². The molecule has 10 heteroatoms. The smallest absolute Gasteiger partial charge is 0.255 e. The fourth-order valence-corrected chi connectivity index (χ4v) is 5.70. The van der Waals surface area contributed by atoms with Crippen molar-refractivity contribution in [1.29, 1.82) is 0 Å². The number of amides is 1. The van der Waals surface area contributed by atoms with E-state index in [-0.39, 0.29) is 32.5 Å². The van der Waals surface area contributed by atoms with Crippen molar-refractivity contribution in [3.8, 4) is 5.75 Å². The van der Waals surface area contributed by atoms with Crippen molar-refractivity contribution in [2.75, 3.05) is 39.3 Å². The van der Waals surface area contributed by atoms with Crippen LogP contribution >= 0.6 is 23.2 Å². The number of rotatable bonds is 8. The molecule has 2 aromatic carbocycles. The highest BCUT2D eigenvalue weighted by Gasteiger charge is 2.31. The Labute approximate surface area is 198 Å². The number of benzene rings is 2. The molecular weight excluding hydrogens is 473 g/mol. The molecule has 1 saturated carbocycles. The predicted molar refractivity (Wildman–Crippen MR) is 124 cm³/mol. The van der Waals surface area contributed by atoms with E-state index in [0.717, 1.165) is 25.1 Å². The Morgan fingerprint density at radius 1 is 1.03 bits per heavy atom. The van der Waals surface area contributed by atoms with Crippen LogP contribution in [0.3, 0.4) is 0 Å².